The number of hydrogen-bond acceptors (Lipinski definition) is 7. The van der Waals surface area contributed by atoms with Gasteiger partial charge in [-0.1, -0.05) is 13.0 Å². The number of carbonyl (C=O) groups is 2. The summed E-state index contributed by atoms with van der Waals surface area (Å²) in [6.45, 7) is 2.01. The van der Waals surface area contributed by atoms with Gasteiger partial charge in [0.05, 0.1) is 18.2 Å². The van der Waals surface area contributed by atoms with E-state index in [1.165, 1.54) is 13.3 Å². The normalized spacial score (nSPS) is 17.9. The molecule has 0 unspecified atom stereocenters. The van der Waals surface area contributed by atoms with Crippen molar-refractivity contribution in [2.24, 2.45) is 10.2 Å². The number of thioether (sulfide) groups is 1. The van der Waals surface area contributed by atoms with E-state index in [2.05, 4.69) is 20.3 Å². The zero-order valence-electron chi connectivity index (χ0n) is 12.6. The molecule has 1 aromatic carbocycles. The number of esters is 1. The van der Waals surface area contributed by atoms with Crippen LogP contribution < -0.4 is 5.32 Å². The molecule has 7 nitrogen and oxygen atoms in total. The minimum Gasteiger partial charge on any atom is -0.507 e. The smallest absolute Gasteiger partial charge is 0.331 e. The molecule has 2 N–H and O–H groups in total. The SMILES string of the molecule is CCc1ccc(O)c(C=N/N=C2/NC(=O)/C(=C\C(=O)OC)S2)c1. The maximum absolute atomic E-state index is 11.6. The van der Waals surface area contributed by atoms with E-state index in [0.717, 1.165) is 29.8 Å². The Balaban J connectivity index is 2.11. The van der Waals surface area contributed by atoms with Gasteiger partial charge in [-0.05, 0) is 35.9 Å². The van der Waals surface area contributed by atoms with E-state index in [1.807, 2.05) is 19.1 Å². The largest absolute Gasteiger partial charge is 0.507 e. The second kappa shape index (κ2) is 7.59. The first-order valence-electron chi connectivity index (χ1n) is 6.75. The molecular formula is C15H15N3O4S. The summed E-state index contributed by atoms with van der Waals surface area (Å²) in [5.74, 6) is -0.959. The molecule has 1 aromatic rings. The highest BCUT2D eigenvalue weighted by molar-refractivity contribution is 8.18. The quantitative estimate of drug-likeness (QED) is 0.377. The van der Waals surface area contributed by atoms with Gasteiger partial charge in [0.15, 0.2) is 5.17 Å². The molecule has 1 fully saturated rings. The van der Waals surface area contributed by atoms with E-state index >= 15 is 0 Å². The molecule has 1 aliphatic heterocycles. The number of methoxy groups -OCH3 is 1. The molecule has 1 amide bonds. The van der Waals surface area contributed by atoms with Gasteiger partial charge in [0.1, 0.15) is 5.75 Å². The highest BCUT2D eigenvalue weighted by Crippen LogP contribution is 2.23. The zero-order chi connectivity index (χ0) is 16.8. The molecule has 0 radical (unpaired) electrons. The Morgan fingerprint density at radius 3 is 2.96 bits per heavy atom. The van der Waals surface area contributed by atoms with Crippen LogP contribution >= 0.6 is 11.8 Å². The minimum absolute atomic E-state index is 0.0977. The third kappa shape index (κ3) is 4.43. The number of nitrogens with zero attached hydrogens (tertiary/aromatic N) is 2. The molecule has 1 aliphatic rings. The Morgan fingerprint density at radius 2 is 2.26 bits per heavy atom. The number of aromatic hydroxyl groups is 1. The Hall–Kier alpha value is -2.61. The summed E-state index contributed by atoms with van der Waals surface area (Å²) in [4.78, 5) is 22.9. The topological polar surface area (TPSA) is 100 Å². The highest BCUT2D eigenvalue weighted by Gasteiger charge is 2.24. The summed E-state index contributed by atoms with van der Waals surface area (Å²) in [5.41, 5.74) is 1.59. The van der Waals surface area contributed by atoms with Gasteiger partial charge >= 0.3 is 5.97 Å². The van der Waals surface area contributed by atoms with Crippen molar-refractivity contribution in [1.82, 2.24) is 5.32 Å². The van der Waals surface area contributed by atoms with Gasteiger partial charge in [0.2, 0.25) is 0 Å². The lowest BCUT2D eigenvalue weighted by Crippen LogP contribution is -2.19. The number of amidine groups is 1. The molecule has 0 spiro atoms. The molecule has 23 heavy (non-hydrogen) atoms. The fourth-order valence-electron chi connectivity index (χ4n) is 1.71. The van der Waals surface area contributed by atoms with Crippen LogP contribution in [0.2, 0.25) is 0 Å². The zero-order valence-corrected chi connectivity index (χ0v) is 13.4. The van der Waals surface area contributed by atoms with Gasteiger partial charge in [0, 0.05) is 11.6 Å². The molecule has 0 saturated carbocycles. The van der Waals surface area contributed by atoms with E-state index < -0.39 is 11.9 Å². The van der Waals surface area contributed by atoms with Gasteiger partial charge in [-0.25, -0.2) is 4.79 Å². The number of carbonyl (C=O) groups excluding carboxylic acids is 2. The van der Waals surface area contributed by atoms with Crippen molar-refractivity contribution in [2.75, 3.05) is 7.11 Å². The summed E-state index contributed by atoms with van der Waals surface area (Å²) in [7, 11) is 1.23. The van der Waals surface area contributed by atoms with Crippen LogP contribution in [0.4, 0.5) is 0 Å². The maximum atomic E-state index is 11.6. The molecule has 1 saturated heterocycles. The summed E-state index contributed by atoms with van der Waals surface area (Å²) < 4.78 is 4.46. The van der Waals surface area contributed by atoms with Crippen LogP contribution in [-0.4, -0.2) is 35.5 Å². The van der Waals surface area contributed by atoms with Gasteiger partial charge < -0.3 is 9.84 Å². The number of aryl methyl sites for hydroxylation is 1. The van der Waals surface area contributed by atoms with Gasteiger partial charge in [-0.2, -0.15) is 5.10 Å². The second-order valence-corrected chi connectivity index (χ2v) is 5.52. The molecule has 0 bridgehead atoms. The van der Waals surface area contributed by atoms with Crippen molar-refractivity contribution in [2.45, 2.75) is 13.3 Å². The predicted octanol–water partition coefficient (Wildman–Crippen LogP) is 1.56. The number of phenolic OH excluding ortho intramolecular Hbond substituents is 1. The first kappa shape index (κ1) is 16.8. The maximum Gasteiger partial charge on any atom is 0.331 e. The summed E-state index contributed by atoms with van der Waals surface area (Å²) in [5, 5.41) is 20.2. The molecule has 0 aliphatic carbocycles. The molecular weight excluding hydrogens is 318 g/mol. The van der Waals surface area contributed by atoms with Crippen molar-refractivity contribution in [3.05, 3.63) is 40.3 Å². The molecule has 0 atom stereocenters. The first-order valence-corrected chi connectivity index (χ1v) is 7.57. The summed E-state index contributed by atoms with van der Waals surface area (Å²) in [6, 6.07) is 5.23. The summed E-state index contributed by atoms with van der Waals surface area (Å²) in [6.07, 6.45) is 3.32. The average molecular weight is 333 g/mol. The van der Waals surface area contributed by atoms with Crippen LogP contribution in [-0.2, 0) is 20.7 Å². The lowest BCUT2D eigenvalue weighted by Gasteiger charge is -2.01. The number of benzene rings is 1. The van der Waals surface area contributed by atoms with Gasteiger partial charge in [-0.15, -0.1) is 5.10 Å². The van der Waals surface area contributed by atoms with Crippen LogP contribution in [0.5, 0.6) is 5.75 Å². The van der Waals surface area contributed by atoms with Crippen molar-refractivity contribution in [3.63, 3.8) is 0 Å². The standard InChI is InChI=1S/C15H15N3O4S/c1-3-9-4-5-11(19)10(6-9)8-16-18-15-17-14(21)12(23-15)7-13(20)22-2/h4-8,19H,3H2,1-2H3,(H,17,18,21)/b12-7+,16-8?. The number of rotatable bonds is 4. The Labute approximate surface area is 137 Å². The van der Waals surface area contributed by atoms with Crippen molar-refractivity contribution in [1.29, 1.82) is 0 Å². The number of amides is 1. The molecule has 120 valence electrons. The van der Waals surface area contributed by atoms with E-state index in [1.54, 1.807) is 6.07 Å². The molecule has 0 aromatic heterocycles. The number of ether oxygens (including phenoxy) is 1. The van der Waals surface area contributed by atoms with Crippen molar-refractivity contribution < 1.29 is 19.4 Å². The minimum atomic E-state index is -0.617. The molecule has 2 rings (SSSR count). The van der Waals surface area contributed by atoms with Crippen LogP contribution in [0, 0.1) is 0 Å². The van der Waals surface area contributed by atoms with Crippen molar-refractivity contribution >= 4 is 35.0 Å². The highest BCUT2D eigenvalue weighted by atomic mass is 32.2. The van der Waals surface area contributed by atoms with Crippen LogP contribution in [0.1, 0.15) is 18.1 Å². The monoisotopic (exact) mass is 333 g/mol. The number of nitrogens with one attached hydrogen (secondary N) is 1. The second-order valence-electron chi connectivity index (χ2n) is 4.48. The lowest BCUT2D eigenvalue weighted by atomic mass is 10.1. The summed E-state index contributed by atoms with van der Waals surface area (Å²) >= 11 is 0.983. The Morgan fingerprint density at radius 1 is 1.48 bits per heavy atom. The third-order valence-electron chi connectivity index (χ3n) is 2.95. The Kier molecular flexibility index (Phi) is 5.53. The first-order chi connectivity index (χ1) is 11.0. The van der Waals surface area contributed by atoms with Gasteiger partial charge in [0.25, 0.3) is 5.91 Å². The average Bonchev–Trinajstić information content (AvgIpc) is 2.88. The predicted molar refractivity (Wildman–Crippen MR) is 88.3 cm³/mol. The van der Waals surface area contributed by atoms with E-state index in [9.17, 15) is 14.7 Å². The van der Waals surface area contributed by atoms with Crippen LogP contribution in [0.3, 0.4) is 0 Å². The fraction of sp³-hybridized carbons (Fsp3) is 0.200. The number of phenols is 1. The van der Waals surface area contributed by atoms with Crippen LogP contribution in [0.25, 0.3) is 0 Å². The molecule has 8 heteroatoms. The van der Waals surface area contributed by atoms with Crippen LogP contribution in [0.15, 0.2) is 39.4 Å². The Bertz CT molecular complexity index is 725. The van der Waals surface area contributed by atoms with Gasteiger partial charge in [-0.3, -0.25) is 10.1 Å². The van der Waals surface area contributed by atoms with Crippen molar-refractivity contribution in [3.8, 4) is 5.75 Å². The van der Waals surface area contributed by atoms with E-state index in [4.69, 9.17) is 0 Å². The molecule has 1 heterocycles. The third-order valence-corrected chi connectivity index (χ3v) is 3.85. The lowest BCUT2D eigenvalue weighted by molar-refractivity contribution is -0.135. The van der Waals surface area contributed by atoms with E-state index in [-0.39, 0.29) is 15.8 Å². The fourth-order valence-corrected chi connectivity index (χ4v) is 2.45. The number of hydrogen-bond donors (Lipinski definition) is 2. The van der Waals surface area contributed by atoms with E-state index in [0.29, 0.717) is 5.56 Å².